The highest BCUT2D eigenvalue weighted by molar-refractivity contribution is 5.66. The molecule has 0 saturated heterocycles. The van der Waals surface area contributed by atoms with Crippen molar-refractivity contribution in [3.8, 4) is 0 Å². The van der Waals surface area contributed by atoms with Crippen molar-refractivity contribution < 1.29 is 9.53 Å². The van der Waals surface area contributed by atoms with Crippen LogP contribution >= 0.6 is 0 Å². The third kappa shape index (κ3) is 2.69. The van der Waals surface area contributed by atoms with Gasteiger partial charge in [-0.1, -0.05) is 6.92 Å². The first kappa shape index (κ1) is 19.0. The Morgan fingerprint density at radius 3 is 2.54 bits per heavy atom. The number of hydrogen-bond acceptors (Lipinski definition) is 2. The Morgan fingerprint density at radius 1 is 0.964 bits per heavy atom. The van der Waals surface area contributed by atoms with Crippen molar-refractivity contribution in [1.29, 1.82) is 0 Å². The molecule has 0 aromatic rings. The van der Waals surface area contributed by atoms with Crippen LogP contribution in [0.5, 0.6) is 0 Å². The monoisotopic (exact) mass is 383 g/mol. The molecule has 0 heterocycles. The molecule has 0 amide bonds. The van der Waals surface area contributed by atoms with E-state index >= 15 is 0 Å². The average molecular weight is 384 g/mol. The highest BCUT2D eigenvalue weighted by Gasteiger charge is 2.63. The van der Waals surface area contributed by atoms with Crippen molar-refractivity contribution in [3.63, 3.8) is 0 Å². The number of carbonyl (C=O) groups is 1. The van der Waals surface area contributed by atoms with Crippen molar-refractivity contribution in [2.24, 2.45) is 40.4 Å². The van der Waals surface area contributed by atoms with Gasteiger partial charge in [-0.3, -0.25) is 4.79 Å². The van der Waals surface area contributed by atoms with E-state index in [9.17, 15) is 4.79 Å². The summed E-state index contributed by atoms with van der Waals surface area (Å²) in [7, 11) is 0. The molecule has 0 aliphatic heterocycles. The van der Waals surface area contributed by atoms with Crippen molar-refractivity contribution in [2.45, 2.75) is 103 Å². The van der Waals surface area contributed by atoms with Gasteiger partial charge in [0.15, 0.2) is 0 Å². The second kappa shape index (κ2) is 6.75. The first-order valence-corrected chi connectivity index (χ1v) is 12.0. The first-order valence-electron chi connectivity index (χ1n) is 12.0. The maximum atomic E-state index is 11.4. The molecule has 0 N–H and O–H groups in total. The molecule has 5 aliphatic carbocycles. The summed E-state index contributed by atoms with van der Waals surface area (Å²) in [6.07, 6.45) is 15.6. The fourth-order valence-corrected chi connectivity index (χ4v) is 9.38. The van der Waals surface area contributed by atoms with Crippen molar-refractivity contribution in [3.05, 3.63) is 11.4 Å². The van der Waals surface area contributed by atoms with Crippen LogP contribution in [0.1, 0.15) is 90.9 Å². The van der Waals surface area contributed by atoms with E-state index in [4.69, 9.17) is 11.3 Å². The number of hydrogen-bond donors (Lipinski definition) is 0. The van der Waals surface area contributed by atoms with Gasteiger partial charge in [-0.15, -0.1) is 0 Å². The van der Waals surface area contributed by atoms with Crippen LogP contribution in [0.25, 0.3) is 4.85 Å². The molecule has 5 fully saturated rings. The van der Waals surface area contributed by atoms with Crippen molar-refractivity contribution >= 4 is 5.97 Å². The molecule has 0 radical (unpaired) electrons. The van der Waals surface area contributed by atoms with Gasteiger partial charge >= 0.3 is 5.97 Å². The van der Waals surface area contributed by atoms with Gasteiger partial charge in [0.25, 0.3) is 0 Å². The van der Waals surface area contributed by atoms with Gasteiger partial charge in [0.1, 0.15) is 6.10 Å². The summed E-state index contributed by atoms with van der Waals surface area (Å²) >= 11 is 0. The van der Waals surface area contributed by atoms with E-state index < -0.39 is 0 Å². The second-order valence-corrected chi connectivity index (χ2v) is 11.3. The summed E-state index contributed by atoms with van der Waals surface area (Å²) in [5.74, 6) is 4.21. The van der Waals surface area contributed by atoms with Crippen LogP contribution in [0, 0.1) is 47.0 Å². The van der Waals surface area contributed by atoms with Crippen LogP contribution in [0.15, 0.2) is 0 Å². The minimum Gasteiger partial charge on any atom is -0.463 e. The van der Waals surface area contributed by atoms with Gasteiger partial charge in [-0.2, -0.15) is 0 Å². The topological polar surface area (TPSA) is 30.7 Å². The molecule has 0 bridgehead atoms. The molecule has 5 rings (SSSR count). The molecular weight excluding hydrogens is 346 g/mol. The summed E-state index contributed by atoms with van der Waals surface area (Å²) in [5.41, 5.74) is 0.972. The Bertz CT molecular complexity index is 683. The van der Waals surface area contributed by atoms with Gasteiger partial charge in [0, 0.05) is 19.8 Å². The Balaban J connectivity index is 1.37. The maximum absolute atomic E-state index is 11.4. The molecule has 3 nitrogen and oxygen atoms in total. The van der Waals surface area contributed by atoms with E-state index in [0.29, 0.717) is 16.9 Å². The minimum absolute atomic E-state index is 0.106. The standard InChI is InChI=1S/C25H37NO2/c1-16(27)28-20-10-12-24(2)18(14-20)5-8-21-22(24)11-13-25-15-19(26-3)7-4-17(25)6-9-23(21)25/h17-23H,4-15H2,1-2H3/t17-,18-,19?,20+,21?,22?,23?,24-,25-/m0/s1. The van der Waals surface area contributed by atoms with Crippen LogP contribution in [0.4, 0.5) is 0 Å². The highest BCUT2D eigenvalue weighted by atomic mass is 16.5. The van der Waals surface area contributed by atoms with E-state index in [-0.39, 0.29) is 12.1 Å². The molecule has 28 heavy (non-hydrogen) atoms. The van der Waals surface area contributed by atoms with Crippen LogP contribution in [-0.2, 0) is 9.53 Å². The second-order valence-electron chi connectivity index (χ2n) is 11.3. The molecular formula is C25H37NO2. The number of ether oxygens (including phenoxy) is 1. The lowest BCUT2D eigenvalue weighted by atomic mass is 9.43. The maximum Gasteiger partial charge on any atom is 0.302 e. The van der Waals surface area contributed by atoms with Gasteiger partial charge in [0.05, 0.1) is 0 Å². The summed E-state index contributed by atoms with van der Waals surface area (Å²) in [6, 6.07) is 0.305. The zero-order valence-corrected chi connectivity index (χ0v) is 17.8. The van der Waals surface area contributed by atoms with Crippen LogP contribution in [-0.4, -0.2) is 18.1 Å². The van der Waals surface area contributed by atoms with E-state index in [1.807, 2.05) is 0 Å². The predicted molar refractivity (Wildman–Crippen MR) is 109 cm³/mol. The molecule has 4 unspecified atom stereocenters. The average Bonchev–Trinajstić information content (AvgIpc) is 3.06. The molecule has 9 atom stereocenters. The zero-order valence-electron chi connectivity index (χ0n) is 17.8. The summed E-state index contributed by atoms with van der Waals surface area (Å²) in [6.45, 7) is 11.8. The van der Waals surface area contributed by atoms with Crippen molar-refractivity contribution in [2.75, 3.05) is 0 Å². The fraction of sp³-hybridized carbons (Fsp3) is 0.920. The SMILES string of the molecule is [C-]#[N+]C1CC[C@H]2CCC3C4CC[C@H]5C[C@H](OC(C)=O)CC[C@]5(C)C4CC[C@@]32C1. The lowest BCUT2D eigenvalue weighted by Crippen LogP contribution is -2.55. The number of nitrogens with zero attached hydrogens (tertiary/aromatic N) is 1. The molecule has 0 aromatic heterocycles. The number of fused-ring (bicyclic) bond motifs is 4. The molecule has 154 valence electrons. The Labute approximate surface area is 170 Å². The van der Waals surface area contributed by atoms with E-state index in [1.165, 1.54) is 57.8 Å². The van der Waals surface area contributed by atoms with Gasteiger partial charge in [-0.05, 0) is 105 Å². The normalized spacial score (nSPS) is 52.4. The molecule has 0 aromatic carbocycles. The van der Waals surface area contributed by atoms with Gasteiger partial charge < -0.3 is 9.58 Å². The number of esters is 1. The highest BCUT2D eigenvalue weighted by Crippen LogP contribution is 2.70. The molecule has 5 aliphatic rings. The number of carbonyl (C=O) groups excluding carboxylic acids is 1. The summed E-state index contributed by atoms with van der Waals surface area (Å²) in [5, 5.41) is 0. The molecule has 3 heteroatoms. The Kier molecular flexibility index (Phi) is 4.57. The third-order valence-electron chi connectivity index (χ3n) is 10.5. The fourth-order valence-electron chi connectivity index (χ4n) is 9.38. The van der Waals surface area contributed by atoms with E-state index in [1.54, 1.807) is 6.92 Å². The van der Waals surface area contributed by atoms with Gasteiger partial charge in [-0.25, -0.2) is 6.57 Å². The van der Waals surface area contributed by atoms with Crippen LogP contribution < -0.4 is 0 Å². The lowest BCUT2D eigenvalue weighted by molar-refractivity contribution is -0.162. The summed E-state index contributed by atoms with van der Waals surface area (Å²) in [4.78, 5) is 15.5. The van der Waals surface area contributed by atoms with E-state index in [0.717, 1.165) is 48.9 Å². The Morgan fingerprint density at radius 2 is 1.75 bits per heavy atom. The third-order valence-corrected chi connectivity index (χ3v) is 10.5. The van der Waals surface area contributed by atoms with Crippen molar-refractivity contribution in [1.82, 2.24) is 0 Å². The quantitative estimate of drug-likeness (QED) is 0.409. The zero-order chi connectivity index (χ0) is 19.5. The largest absolute Gasteiger partial charge is 0.463 e. The predicted octanol–water partition coefficient (Wildman–Crippen LogP) is 6.03. The number of rotatable bonds is 1. The molecule has 5 saturated carbocycles. The van der Waals surface area contributed by atoms with Crippen LogP contribution in [0.2, 0.25) is 0 Å². The summed E-state index contributed by atoms with van der Waals surface area (Å²) < 4.78 is 5.62. The smallest absolute Gasteiger partial charge is 0.302 e. The minimum atomic E-state index is -0.106. The molecule has 1 spiro atoms. The van der Waals surface area contributed by atoms with Crippen LogP contribution in [0.3, 0.4) is 0 Å². The first-order chi connectivity index (χ1) is 13.5. The Hall–Kier alpha value is -1.04. The van der Waals surface area contributed by atoms with Gasteiger partial charge in [0.2, 0.25) is 6.04 Å². The van der Waals surface area contributed by atoms with E-state index in [2.05, 4.69) is 11.8 Å². The lowest BCUT2D eigenvalue weighted by Gasteiger charge is -2.62.